The van der Waals surface area contributed by atoms with Crippen LogP contribution in [0.15, 0.2) is 53.4 Å². The van der Waals surface area contributed by atoms with Gasteiger partial charge in [0.25, 0.3) is 10.0 Å². The topological polar surface area (TPSA) is 67.2 Å². The molecular formula is C21H22F4N4O2S. The third kappa shape index (κ3) is 5.10. The van der Waals surface area contributed by atoms with Crippen LogP contribution in [0.25, 0.3) is 11.1 Å². The molecule has 0 aliphatic rings. The van der Waals surface area contributed by atoms with Crippen LogP contribution in [-0.4, -0.2) is 43.7 Å². The molecule has 0 unspecified atom stereocenters. The molecule has 0 bridgehead atoms. The molecule has 0 saturated heterocycles. The Morgan fingerprint density at radius 1 is 1.09 bits per heavy atom. The molecule has 1 heterocycles. The van der Waals surface area contributed by atoms with Crippen LogP contribution < -0.4 is 4.72 Å². The Balaban J connectivity index is 2.23. The van der Waals surface area contributed by atoms with Crippen LogP contribution in [-0.2, 0) is 22.7 Å². The molecule has 3 rings (SSSR count). The van der Waals surface area contributed by atoms with Crippen molar-refractivity contribution in [2.45, 2.75) is 24.5 Å². The highest BCUT2D eigenvalue weighted by molar-refractivity contribution is 7.92. The fourth-order valence-electron chi connectivity index (χ4n) is 3.09. The highest BCUT2D eigenvalue weighted by Crippen LogP contribution is 2.42. The first-order valence-electron chi connectivity index (χ1n) is 9.57. The fourth-order valence-corrected chi connectivity index (χ4v) is 4.12. The molecule has 32 heavy (non-hydrogen) atoms. The lowest BCUT2D eigenvalue weighted by atomic mass is 10.0. The van der Waals surface area contributed by atoms with Gasteiger partial charge in [-0.2, -0.15) is 18.3 Å². The zero-order chi connectivity index (χ0) is 23.7. The number of benzene rings is 2. The molecule has 0 spiro atoms. The van der Waals surface area contributed by atoms with Gasteiger partial charge in [-0.1, -0.05) is 30.3 Å². The van der Waals surface area contributed by atoms with E-state index in [4.69, 9.17) is 0 Å². The van der Waals surface area contributed by atoms with E-state index in [0.29, 0.717) is 4.68 Å². The number of alkyl halides is 3. The van der Waals surface area contributed by atoms with Gasteiger partial charge in [-0.25, -0.2) is 12.8 Å². The van der Waals surface area contributed by atoms with Gasteiger partial charge < -0.3 is 4.90 Å². The molecule has 172 valence electrons. The minimum absolute atomic E-state index is 0.137. The van der Waals surface area contributed by atoms with Crippen molar-refractivity contribution in [1.29, 1.82) is 0 Å². The number of hydrogen-bond donors (Lipinski definition) is 1. The van der Waals surface area contributed by atoms with Crippen LogP contribution in [0.5, 0.6) is 0 Å². The van der Waals surface area contributed by atoms with Crippen LogP contribution in [0.4, 0.5) is 23.4 Å². The number of nitrogens with zero attached hydrogens (tertiary/aromatic N) is 3. The van der Waals surface area contributed by atoms with Gasteiger partial charge in [-0.3, -0.25) is 9.40 Å². The smallest absolute Gasteiger partial charge is 0.308 e. The van der Waals surface area contributed by atoms with E-state index in [0.717, 1.165) is 6.07 Å². The summed E-state index contributed by atoms with van der Waals surface area (Å²) in [7, 11) is -0.867. The number of aryl methyl sites for hydroxylation is 1. The van der Waals surface area contributed by atoms with Gasteiger partial charge in [0.1, 0.15) is 5.82 Å². The monoisotopic (exact) mass is 470 g/mol. The number of aromatic nitrogens is 2. The molecule has 1 aromatic heterocycles. The fraction of sp³-hybridized carbons (Fsp3) is 0.286. The van der Waals surface area contributed by atoms with Crippen molar-refractivity contribution in [3.63, 3.8) is 0 Å². The molecule has 1 N–H and O–H groups in total. The normalized spacial score (nSPS) is 12.4. The number of sulfonamides is 1. The zero-order valence-electron chi connectivity index (χ0n) is 17.6. The van der Waals surface area contributed by atoms with E-state index in [-0.39, 0.29) is 29.1 Å². The van der Waals surface area contributed by atoms with Gasteiger partial charge in [0.2, 0.25) is 0 Å². The maximum atomic E-state index is 14.2. The SMILES string of the molecule is Cc1ccc(-c2c(NS(=O)(=O)c3ccccc3)nn(CCN(C)C)c2C(F)(F)F)cc1F. The standard InChI is InChI=1S/C21H22F4N4O2S/c1-14-9-10-15(13-17(14)22)18-19(21(23,24)25)29(12-11-28(2)3)26-20(18)27-32(30,31)16-7-5-4-6-8-16/h4-10,13H,11-12H2,1-3H3,(H,26,27). The van der Waals surface area contributed by atoms with Gasteiger partial charge >= 0.3 is 6.18 Å². The summed E-state index contributed by atoms with van der Waals surface area (Å²) in [6.45, 7) is 1.54. The Kier molecular flexibility index (Phi) is 6.61. The number of nitrogens with one attached hydrogen (secondary N) is 1. The summed E-state index contributed by atoms with van der Waals surface area (Å²) in [6.07, 6.45) is -4.87. The van der Waals surface area contributed by atoms with E-state index in [1.807, 2.05) is 0 Å². The molecule has 0 radical (unpaired) electrons. The number of likely N-dealkylation sites (N-methyl/N-ethyl adjacent to an activating group) is 1. The minimum Gasteiger partial charge on any atom is -0.308 e. The molecular weight excluding hydrogens is 448 g/mol. The van der Waals surface area contributed by atoms with Gasteiger partial charge in [0, 0.05) is 6.54 Å². The number of anilines is 1. The predicted octanol–water partition coefficient (Wildman–Crippen LogP) is 4.38. The molecule has 6 nitrogen and oxygen atoms in total. The van der Waals surface area contributed by atoms with Gasteiger partial charge in [0.15, 0.2) is 11.5 Å². The quantitative estimate of drug-likeness (QED) is 0.521. The highest BCUT2D eigenvalue weighted by atomic mass is 32.2. The van der Waals surface area contributed by atoms with E-state index in [1.54, 1.807) is 25.1 Å². The summed E-state index contributed by atoms with van der Waals surface area (Å²) in [5.41, 5.74) is -1.58. The van der Waals surface area contributed by atoms with Gasteiger partial charge in [-0.15, -0.1) is 0 Å². The molecule has 0 saturated carbocycles. The van der Waals surface area contributed by atoms with Crippen LogP contribution in [0.1, 0.15) is 11.3 Å². The Bertz CT molecular complexity index is 1210. The van der Waals surface area contributed by atoms with Crippen molar-refractivity contribution < 1.29 is 26.0 Å². The van der Waals surface area contributed by atoms with Crippen molar-refractivity contribution in [1.82, 2.24) is 14.7 Å². The molecule has 0 amide bonds. The predicted molar refractivity (Wildman–Crippen MR) is 113 cm³/mol. The number of rotatable bonds is 7. The molecule has 0 atom stereocenters. The van der Waals surface area contributed by atoms with Crippen molar-refractivity contribution in [2.75, 3.05) is 25.4 Å². The second-order valence-electron chi connectivity index (χ2n) is 7.48. The van der Waals surface area contributed by atoms with E-state index < -0.39 is 39.1 Å². The zero-order valence-corrected chi connectivity index (χ0v) is 18.4. The van der Waals surface area contributed by atoms with E-state index in [1.165, 1.54) is 43.3 Å². The Morgan fingerprint density at radius 3 is 2.31 bits per heavy atom. The largest absolute Gasteiger partial charge is 0.433 e. The Labute approximate surface area is 183 Å². The van der Waals surface area contributed by atoms with Crippen molar-refractivity contribution in [3.8, 4) is 11.1 Å². The lowest BCUT2D eigenvalue weighted by molar-refractivity contribution is -0.143. The first-order valence-corrected chi connectivity index (χ1v) is 11.1. The second kappa shape index (κ2) is 8.91. The third-order valence-electron chi connectivity index (χ3n) is 4.73. The average molecular weight is 470 g/mol. The Morgan fingerprint density at radius 2 is 1.75 bits per heavy atom. The molecule has 3 aromatic rings. The summed E-state index contributed by atoms with van der Waals surface area (Å²) < 4.78 is 85.1. The second-order valence-corrected chi connectivity index (χ2v) is 9.16. The van der Waals surface area contributed by atoms with E-state index in [2.05, 4.69) is 9.82 Å². The molecule has 0 aliphatic carbocycles. The lowest BCUT2D eigenvalue weighted by Gasteiger charge is -2.15. The molecule has 0 fully saturated rings. The third-order valence-corrected chi connectivity index (χ3v) is 6.08. The maximum absolute atomic E-state index is 14.2. The van der Waals surface area contributed by atoms with Crippen molar-refractivity contribution >= 4 is 15.8 Å². The van der Waals surface area contributed by atoms with Crippen LogP contribution in [0, 0.1) is 12.7 Å². The summed E-state index contributed by atoms with van der Waals surface area (Å²) in [5.74, 6) is -1.24. The lowest BCUT2D eigenvalue weighted by Crippen LogP contribution is -2.23. The van der Waals surface area contributed by atoms with Crippen LogP contribution in [0.2, 0.25) is 0 Å². The van der Waals surface area contributed by atoms with E-state index >= 15 is 0 Å². The van der Waals surface area contributed by atoms with Crippen LogP contribution in [0.3, 0.4) is 0 Å². The minimum atomic E-state index is -4.87. The summed E-state index contributed by atoms with van der Waals surface area (Å²) in [4.78, 5) is 1.53. The van der Waals surface area contributed by atoms with Crippen molar-refractivity contribution in [2.24, 2.45) is 0 Å². The summed E-state index contributed by atoms with van der Waals surface area (Å²) >= 11 is 0. The number of hydrogen-bond acceptors (Lipinski definition) is 4. The first kappa shape index (κ1) is 23.7. The van der Waals surface area contributed by atoms with Crippen molar-refractivity contribution in [3.05, 3.63) is 65.6 Å². The summed E-state index contributed by atoms with van der Waals surface area (Å²) in [5, 5.41) is 3.95. The maximum Gasteiger partial charge on any atom is 0.433 e. The molecule has 11 heteroatoms. The first-order chi connectivity index (χ1) is 14.9. The molecule has 0 aliphatic heterocycles. The highest BCUT2D eigenvalue weighted by Gasteiger charge is 2.41. The Hall–Kier alpha value is -2.92. The van der Waals surface area contributed by atoms with Crippen LogP contribution >= 0.6 is 0 Å². The van der Waals surface area contributed by atoms with E-state index in [9.17, 15) is 26.0 Å². The number of halogens is 4. The molecule has 2 aromatic carbocycles. The van der Waals surface area contributed by atoms with Gasteiger partial charge in [-0.05, 0) is 50.3 Å². The summed E-state index contributed by atoms with van der Waals surface area (Å²) in [6, 6.07) is 10.8. The van der Waals surface area contributed by atoms with Gasteiger partial charge in [0.05, 0.1) is 17.0 Å². The average Bonchev–Trinajstić information content (AvgIpc) is 3.07.